The summed E-state index contributed by atoms with van der Waals surface area (Å²) in [7, 11) is 0. The number of hydrogen-bond donors (Lipinski definition) is 1. The average Bonchev–Trinajstić information content (AvgIpc) is 2.77. The van der Waals surface area contributed by atoms with E-state index in [0.717, 1.165) is 12.1 Å². The molecule has 5 nitrogen and oxygen atoms in total. The standard InChI is InChI=1S/C11H6F5N3O2/c12-6-2-1-5(3-7(6)13)4-19-9(11(14,15)16)8(10(20)21)17-18-19/h1-3H,4H2,(H,20,21). The maximum absolute atomic E-state index is 13.0. The molecule has 0 amide bonds. The molecule has 0 radical (unpaired) electrons. The molecule has 1 N–H and O–H groups in total. The fraction of sp³-hybridized carbons (Fsp3) is 0.182. The fourth-order valence-corrected chi connectivity index (χ4v) is 1.66. The highest BCUT2D eigenvalue weighted by Gasteiger charge is 2.41. The molecule has 10 heteroatoms. The second-order valence-electron chi connectivity index (χ2n) is 4.00. The number of alkyl halides is 3. The summed E-state index contributed by atoms with van der Waals surface area (Å²) in [5.41, 5.74) is -2.86. The predicted octanol–water partition coefficient (Wildman–Crippen LogP) is 2.32. The molecular weight excluding hydrogens is 301 g/mol. The van der Waals surface area contributed by atoms with Crippen molar-refractivity contribution in [1.29, 1.82) is 0 Å². The van der Waals surface area contributed by atoms with Crippen molar-refractivity contribution in [3.05, 3.63) is 46.8 Å². The van der Waals surface area contributed by atoms with Crippen LogP contribution in [0.1, 0.15) is 21.7 Å². The summed E-state index contributed by atoms with van der Waals surface area (Å²) in [6, 6.07) is 2.49. The zero-order chi connectivity index (χ0) is 15.8. The summed E-state index contributed by atoms with van der Waals surface area (Å²) in [5, 5.41) is 14.7. The molecule has 0 spiro atoms. The molecule has 0 aliphatic carbocycles. The van der Waals surface area contributed by atoms with Gasteiger partial charge < -0.3 is 5.11 Å². The maximum Gasteiger partial charge on any atom is 0.435 e. The van der Waals surface area contributed by atoms with Gasteiger partial charge >= 0.3 is 12.1 Å². The van der Waals surface area contributed by atoms with Crippen molar-refractivity contribution in [2.75, 3.05) is 0 Å². The van der Waals surface area contributed by atoms with Crippen LogP contribution >= 0.6 is 0 Å². The molecule has 0 saturated heterocycles. The highest BCUT2D eigenvalue weighted by atomic mass is 19.4. The third-order valence-corrected chi connectivity index (χ3v) is 2.52. The number of aromatic carboxylic acids is 1. The Hall–Kier alpha value is -2.52. The molecule has 0 bridgehead atoms. The summed E-state index contributed by atoms with van der Waals surface area (Å²) in [5.74, 6) is -4.28. The Morgan fingerprint density at radius 2 is 1.90 bits per heavy atom. The molecule has 1 aromatic carbocycles. The largest absolute Gasteiger partial charge is 0.476 e. The molecule has 2 aromatic rings. The molecule has 1 aromatic heterocycles. The average molecular weight is 307 g/mol. The summed E-state index contributed by atoms with van der Waals surface area (Å²) in [6.45, 7) is -0.605. The van der Waals surface area contributed by atoms with Gasteiger partial charge in [0.15, 0.2) is 17.3 Å². The van der Waals surface area contributed by atoms with E-state index in [4.69, 9.17) is 5.11 Å². The Balaban J connectivity index is 2.45. The van der Waals surface area contributed by atoms with E-state index in [2.05, 4.69) is 10.3 Å². The highest BCUT2D eigenvalue weighted by Crippen LogP contribution is 2.31. The molecule has 0 saturated carbocycles. The number of rotatable bonds is 3. The Bertz CT molecular complexity index is 696. The topological polar surface area (TPSA) is 68.0 Å². The van der Waals surface area contributed by atoms with Gasteiger partial charge in [-0.2, -0.15) is 13.2 Å². The van der Waals surface area contributed by atoms with Crippen molar-refractivity contribution in [2.24, 2.45) is 0 Å². The van der Waals surface area contributed by atoms with Crippen LogP contribution in [0.2, 0.25) is 0 Å². The van der Waals surface area contributed by atoms with Gasteiger partial charge in [0, 0.05) is 0 Å². The van der Waals surface area contributed by atoms with E-state index in [0.29, 0.717) is 6.07 Å². The van der Waals surface area contributed by atoms with Crippen LogP contribution in [0.4, 0.5) is 22.0 Å². The number of benzene rings is 1. The lowest BCUT2D eigenvalue weighted by Gasteiger charge is -2.10. The SMILES string of the molecule is O=C(O)c1nnn(Cc2ccc(F)c(F)c2)c1C(F)(F)F. The normalized spacial score (nSPS) is 11.7. The third kappa shape index (κ3) is 2.98. The highest BCUT2D eigenvalue weighted by molar-refractivity contribution is 5.86. The van der Waals surface area contributed by atoms with Gasteiger partial charge in [0.05, 0.1) is 6.54 Å². The van der Waals surface area contributed by atoms with E-state index >= 15 is 0 Å². The number of nitrogens with zero attached hydrogens (tertiary/aromatic N) is 3. The molecule has 1 heterocycles. The minimum atomic E-state index is -5.00. The first kappa shape index (κ1) is 14.9. The lowest BCUT2D eigenvalue weighted by atomic mass is 10.2. The quantitative estimate of drug-likeness (QED) is 0.884. The van der Waals surface area contributed by atoms with Gasteiger partial charge in [-0.15, -0.1) is 5.10 Å². The van der Waals surface area contributed by atoms with Crippen LogP contribution in [0.5, 0.6) is 0 Å². The van der Waals surface area contributed by atoms with Gasteiger partial charge in [-0.1, -0.05) is 11.3 Å². The van der Waals surface area contributed by atoms with Crippen molar-refractivity contribution in [2.45, 2.75) is 12.7 Å². The number of carboxylic acid groups (broad SMARTS) is 1. The van der Waals surface area contributed by atoms with Crippen LogP contribution in [0.25, 0.3) is 0 Å². The van der Waals surface area contributed by atoms with E-state index in [9.17, 15) is 26.7 Å². The van der Waals surface area contributed by atoms with Crippen LogP contribution in [0, 0.1) is 11.6 Å². The minimum Gasteiger partial charge on any atom is -0.476 e. The van der Waals surface area contributed by atoms with E-state index in [-0.39, 0.29) is 10.2 Å². The Morgan fingerprint density at radius 3 is 2.43 bits per heavy atom. The van der Waals surface area contributed by atoms with Crippen LogP contribution in [0.3, 0.4) is 0 Å². The summed E-state index contributed by atoms with van der Waals surface area (Å²) in [6.07, 6.45) is -5.00. The number of carboxylic acids is 1. The number of aromatic nitrogens is 3. The molecule has 0 aliphatic rings. The molecule has 0 atom stereocenters. The lowest BCUT2D eigenvalue weighted by Crippen LogP contribution is -2.19. The van der Waals surface area contributed by atoms with Crippen LogP contribution in [-0.2, 0) is 12.7 Å². The van der Waals surface area contributed by atoms with Crippen molar-refractivity contribution in [3.8, 4) is 0 Å². The zero-order valence-corrected chi connectivity index (χ0v) is 10.0. The van der Waals surface area contributed by atoms with Crippen molar-refractivity contribution in [3.63, 3.8) is 0 Å². The summed E-state index contributed by atoms with van der Waals surface area (Å²) < 4.78 is 64.6. The Labute approximate surface area is 113 Å². The van der Waals surface area contributed by atoms with E-state index < -0.39 is 41.7 Å². The second kappa shape index (κ2) is 5.11. The van der Waals surface area contributed by atoms with Crippen LogP contribution in [-0.4, -0.2) is 26.1 Å². The minimum absolute atomic E-state index is 0.0266. The monoisotopic (exact) mass is 307 g/mol. The third-order valence-electron chi connectivity index (χ3n) is 2.52. The Kier molecular flexibility index (Phi) is 3.62. The number of hydrogen-bond acceptors (Lipinski definition) is 3. The van der Waals surface area contributed by atoms with Gasteiger partial charge in [-0.3, -0.25) is 0 Å². The van der Waals surface area contributed by atoms with E-state index in [1.165, 1.54) is 0 Å². The van der Waals surface area contributed by atoms with Crippen molar-refractivity contribution >= 4 is 5.97 Å². The van der Waals surface area contributed by atoms with Crippen LogP contribution in [0.15, 0.2) is 18.2 Å². The van der Waals surface area contributed by atoms with Crippen LogP contribution < -0.4 is 0 Å². The molecule has 0 aliphatic heterocycles. The first-order chi connectivity index (χ1) is 9.70. The second-order valence-corrected chi connectivity index (χ2v) is 4.00. The van der Waals surface area contributed by atoms with Gasteiger partial charge in [-0.05, 0) is 17.7 Å². The van der Waals surface area contributed by atoms with Gasteiger partial charge in [0.25, 0.3) is 0 Å². The molecule has 0 fully saturated rings. The first-order valence-electron chi connectivity index (χ1n) is 5.38. The predicted molar refractivity (Wildman–Crippen MR) is 57.4 cm³/mol. The van der Waals surface area contributed by atoms with Crippen molar-refractivity contribution in [1.82, 2.24) is 15.0 Å². The fourth-order valence-electron chi connectivity index (χ4n) is 1.66. The van der Waals surface area contributed by atoms with E-state index in [1.807, 2.05) is 0 Å². The van der Waals surface area contributed by atoms with Gasteiger partial charge in [0.2, 0.25) is 5.69 Å². The molecule has 0 unspecified atom stereocenters. The van der Waals surface area contributed by atoms with Crippen molar-refractivity contribution < 1.29 is 31.9 Å². The maximum atomic E-state index is 13.0. The lowest BCUT2D eigenvalue weighted by molar-refractivity contribution is -0.144. The first-order valence-corrected chi connectivity index (χ1v) is 5.38. The Morgan fingerprint density at radius 1 is 1.24 bits per heavy atom. The number of halogens is 5. The number of carbonyl (C=O) groups is 1. The van der Waals surface area contributed by atoms with Gasteiger partial charge in [0.1, 0.15) is 0 Å². The molecule has 2 rings (SSSR count). The summed E-state index contributed by atoms with van der Waals surface area (Å²) >= 11 is 0. The van der Waals surface area contributed by atoms with Gasteiger partial charge in [-0.25, -0.2) is 18.3 Å². The molecular formula is C11H6F5N3O2. The molecule has 112 valence electrons. The molecule has 21 heavy (non-hydrogen) atoms. The smallest absolute Gasteiger partial charge is 0.435 e. The summed E-state index contributed by atoms with van der Waals surface area (Å²) in [4.78, 5) is 10.7. The van der Waals surface area contributed by atoms with E-state index in [1.54, 1.807) is 0 Å². The zero-order valence-electron chi connectivity index (χ0n) is 10.0.